The number of nitrogens with zero attached hydrogens (tertiary/aromatic N) is 2. The fourth-order valence-electron chi connectivity index (χ4n) is 2.67. The number of carbonyl (C=O) groups is 2. The minimum absolute atomic E-state index is 0.0894. The molecule has 98 valence electrons. The van der Waals surface area contributed by atoms with Gasteiger partial charge in [-0.3, -0.25) is 9.69 Å². The van der Waals surface area contributed by atoms with Crippen molar-refractivity contribution in [1.82, 2.24) is 0 Å². The molecule has 19 heavy (non-hydrogen) atoms. The summed E-state index contributed by atoms with van der Waals surface area (Å²) in [4.78, 5) is 25.5. The zero-order valence-corrected chi connectivity index (χ0v) is 10.8. The van der Waals surface area contributed by atoms with Crippen molar-refractivity contribution in [3.63, 3.8) is 0 Å². The molecule has 1 heterocycles. The molecule has 1 amide bonds. The summed E-state index contributed by atoms with van der Waals surface area (Å²) in [6.45, 7) is 1.39. The van der Waals surface area contributed by atoms with E-state index >= 15 is 0 Å². The Hall–Kier alpha value is -2.35. The van der Waals surface area contributed by atoms with Crippen molar-refractivity contribution in [3.8, 4) is 6.07 Å². The average molecular weight is 258 g/mol. The largest absolute Gasteiger partial charge is 0.467 e. The van der Waals surface area contributed by atoms with Crippen LogP contribution in [0.5, 0.6) is 0 Å². The van der Waals surface area contributed by atoms with Gasteiger partial charge in [-0.25, -0.2) is 4.79 Å². The van der Waals surface area contributed by atoms with Gasteiger partial charge in [0.25, 0.3) is 0 Å². The van der Waals surface area contributed by atoms with Crippen molar-refractivity contribution in [3.05, 3.63) is 29.8 Å². The Morgan fingerprint density at radius 2 is 2.16 bits per heavy atom. The van der Waals surface area contributed by atoms with E-state index in [1.807, 2.05) is 18.2 Å². The fraction of sp³-hybridized carbons (Fsp3) is 0.357. The quantitative estimate of drug-likeness (QED) is 0.752. The summed E-state index contributed by atoms with van der Waals surface area (Å²) in [6, 6.07) is 9.27. The van der Waals surface area contributed by atoms with Gasteiger partial charge >= 0.3 is 5.97 Å². The molecule has 2 rings (SSSR count). The molecule has 0 saturated carbocycles. The molecular formula is C14H14N2O3. The first-order valence-electron chi connectivity index (χ1n) is 5.91. The number of hydrogen-bond donors (Lipinski definition) is 0. The van der Waals surface area contributed by atoms with Crippen molar-refractivity contribution in [1.29, 1.82) is 5.26 Å². The summed E-state index contributed by atoms with van der Waals surface area (Å²) in [7, 11) is 1.27. The number of anilines is 1. The SMILES string of the molecule is COC(=O)C1(CC#N)Cc2ccccc2N1C(C)=O. The highest BCUT2D eigenvalue weighted by molar-refractivity contribution is 6.04. The zero-order valence-electron chi connectivity index (χ0n) is 10.8. The van der Waals surface area contributed by atoms with Crippen LogP contribution >= 0.6 is 0 Å². The Morgan fingerprint density at radius 1 is 1.47 bits per heavy atom. The van der Waals surface area contributed by atoms with Crippen LogP contribution in [0.25, 0.3) is 0 Å². The molecule has 5 nitrogen and oxygen atoms in total. The minimum Gasteiger partial charge on any atom is -0.467 e. The molecule has 1 atom stereocenters. The number of nitriles is 1. The van der Waals surface area contributed by atoms with Gasteiger partial charge in [-0.05, 0) is 11.6 Å². The van der Waals surface area contributed by atoms with Crippen LogP contribution in [-0.2, 0) is 20.7 Å². The van der Waals surface area contributed by atoms with E-state index in [-0.39, 0.29) is 12.3 Å². The van der Waals surface area contributed by atoms with E-state index < -0.39 is 11.5 Å². The number of hydrogen-bond acceptors (Lipinski definition) is 4. The van der Waals surface area contributed by atoms with Gasteiger partial charge in [0, 0.05) is 19.0 Å². The minimum atomic E-state index is -1.24. The number of esters is 1. The molecular weight excluding hydrogens is 244 g/mol. The van der Waals surface area contributed by atoms with Gasteiger partial charge in [0.2, 0.25) is 5.91 Å². The molecule has 0 N–H and O–H groups in total. The van der Waals surface area contributed by atoms with E-state index in [2.05, 4.69) is 0 Å². The third kappa shape index (κ3) is 1.85. The van der Waals surface area contributed by atoms with Gasteiger partial charge in [-0.2, -0.15) is 5.26 Å². The summed E-state index contributed by atoms with van der Waals surface area (Å²) in [5.74, 6) is -0.828. The molecule has 1 aliphatic heterocycles. The molecule has 1 aliphatic rings. The van der Waals surface area contributed by atoms with E-state index in [0.717, 1.165) is 5.56 Å². The summed E-state index contributed by atoms with van der Waals surface area (Å²) in [6.07, 6.45) is 0.219. The second-order valence-corrected chi connectivity index (χ2v) is 4.52. The Labute approximate surface area is 111 Å². The van der Waals surface area contributed by atoms with Crippen molar-refractivity contribution < 1.29 is 14.3 Å². The van der Waals surface area contributed by atoms with Gasteiger partial charge in [-0.1, -0.05) is 18.2 Å². The third-order valence-corrected chi connectivity index (χ3v) is 3.40. The maximum atomic E-state index is 12.1. The third-order valence-electron chi connectivity index (χ3n) is 3.40. The van der Waals surface area contributed by atoms with Crippen LogP contribution < -0.4 is 4.90 Å². The number of para-hydroxylation sites is 1. The summed E-state index contributed by atoms with van der Waals surface area (Å²) in [5.41, 5.74) is 0.313. The van der Waals surface area contributed by atoms with Crippen LogP contribution in [0.2, 0.25) is 0 Å². The Morgan fingerprint density at radius 3 is 2.74 bits per heavy atom. The van der Waals surface area contributed by atoms with Crippen molar-refractivity contribution in [2.75, 3.05) is 12.0 Å². The molecule has 0 aromatic heterocycles. The van der Waals surface area contributed by atoms with Crippen LogP contribution in [0.15, 0.2) is 24.3 Å². The molecule has 1 aromatic rings. The molecule has 0 saturated heterocycles. The average Bonchev–Trinajstić information content (AvgIpc) is 2.73. The summed E-state index contributed by atoms with van der Waals surface area (Å²) >= 11 is 0. The highest BCUT2D eigenvalue weighted by Crippen LogP contribution is 2.41. The van der Waals surface area contributed by atoms with E-state index in [4.69, 9.17) is 10.00 Å². The van der Waals surface area contributed by atoms with E-state index in [1.165, 1.54) is 18.9 Å². The highest BCUT2D eigenvalue weighted by atomic mass is 16.5. The first kappa shape index (κ1) is 13.1. The lowest BCUT2D eigenvalue weighted by Gasteiger charge is -2.33. The number of fused-ring (bicyclic) bond motifs is 1. The van der Waals surface area contributed by atoms with Gasteiger partial charge in [0.1, 0.15) is 0 Å². The number of benzene rings is 1. The fourth-order valence-corrected chi connectivity index (χ4v) is 2.67. The standard InChI is InChI=1S/C14H14N2O3/c1-10(17)16-12-6-4-3-5-11(12)9-14(16,7-8-15)13(18)19-2/h3-6H,7,9H2,1-2H3. The predicted molar refractivity (Wildman–Crippen MR) is 68.3 cm³/mol. The van der Waals surface area contributed by atoms with Crippen LogP contribution in [0, 0.1) is 11.3 Å². The van der Waals surface area contributed by atoms with Crippen LogP contribution in [-0.4, -0.2) is 24.5 Å². The molecule has 0 spiro atoms. The van der Waals surface area contributed by atoms with E-state index in [1.54, 1.807) is 12.1 Å². The Balaban J connectivity index is 2.60. The maximum Gasteiger partial charge on any atom is 0.333 e. The maximum absolute atomic E-state index is 12.1. The van der Waals surface area contributed by atoms with E-state index in [9.17, 15) is 9.59 Å². The van der Waals surface area contributed by atoms with Crippen molar-refractivity contribution >= 4 is 17.6 Å². The Kier molecular flexibility index (Phi) is 3.26. The molecule has 0 bridgehead atoms. The van der Waals surface area contributed by atoms with Crippen LogP contribution in [0.1, 0.15) is 18.9 Å². The normalized spacial score (nSPS) is 20.6. The molecule has 1 aromatic carbocycles. The van der Waals surface area contributed by atoms with Gasteiger partial charge in [-0.15, -0.1) is 0 Å². The van der Waals surface area contributed by atoms with Crippen molar-refractivity contribution in [2.24, 2.45) is 0 Å². The number of amides is 1. The first-order chi connectivity index (χ1) is 9.06. The smallest absolute Gasteiger partial charge is 0.333 e. The second-order valence-electron chi connectivity index (χ2n) is 4.52. The van der Waals surface area contributed by atoms with Gasteiger partial charge in [0.15, 0.2) is 5.54 Å². The topological polar surface area (TPSA) is 70.4 Å². The van der Waals surface area contributed by atoms with Gasteiger partial charge in [0.05, 0.1) is 19.6 Å². The lowest BCUT2D eigenvalue weighted by Crippen LogP contribution is -2.55. The number of carbonyl (C=O) groups excluding carboxylic acids is 2. The second kappa shape index (κ2) is 4.73. The summed E-state index contributed by atoms with van der Waals surface area (Å²) in [5, 5.41) is 9.02. The Bertz CT molecular complexity index is 576. The number of methoxy groups -OCH3 is 1. The molecule has 0 radical (unpaired) electrons. The van der Waals surface area contributed by atoms with Crippen molar-refractivity contribution in [2.45, 2.75) is 25.3 Å². The van der Waals surface area contributed by atoms with Gasteiger partial charge < -0.3 is 4.74 Å². The van der Waals surface area contributed by atoms with Crippen LogP contribution in [0.4, 0.5) is 5.69 Å². The first-order valence-corrected chi connectivity index (χ1v) is 5.91. The lowest BCUT2D eigenvalue weighted by molar-refractivity contribution is -0.148. The predicted octanol–water partition coefficient (Wildman–Crippen LogP) is 1.42. The molecule has 0 aliphatic carbocycles. The number of rotatable bonds is 2. The summed E-state index contributed by atoms with van der Waals surface area (Å²) < 4.78 is 4.82. The lowest BCUT2D eigenvalue weighted by atomic mass is 9.91. The van der Waals surface area contributed by atoms with E-state index in [0.29, 0.717) is 12.1 Å². The highest BCUT2D eigenvalue weighted by Gasteiger charge is 2.52. The molecule has 5 heteroatoms. The monoisotopic (exact) mass is 258 g/mol. The molecule has 0 fully saturated rings. The number of ether oxygens (including phenoxy) is 1. The molecule has 1 unspecified atom stereocenters. The van der Waals surface area contributed by atoms with Crippen LogP contribution in [0.3, 0.4) is 0 Å². The zero-order chi connectivity index (χ0) is 14.0.